The molecule has 3 atom stereocenters. The van der Waals surface area contributed by atoms with Gasteiger partial charge in [-0.1, -0.05) is 12.1 Å². The van der Waals surface area contributed by atoms with Crippen molar-refractivity contribution in [2.24, 2.45) is 13.0 Å². The highest BCUT2D eigenvalue weighted by molar-refractivity contribution is 5.79. The lowest BCUT2D eigenvalue weighted by Crippen LogP contribution is -2.16. The van der Waals surface area contributed by atoms with Crippen LogP contribution in [0.2, 0.25) is 0 Å². The second-order valence-electron chi connectivity index (χ2n) is 10.8. The number of halogens is 1. The first-order valence-electron chi connectivity index (χ1n) is 13.3. The van der Waals surface area contributed by atoms with Crippen LogP contribution in [0.4, 0.5) is 10.1 Å². The van der Waals surface area contributed by atoms with Crippen molar-refractivity contribution in [3.63, 3.8) is 0 Å². The number of aromatic nitrogens is 2. The largest absolute Gasteiger partial charge is 0.481 e. The van der Waals surface area contributed by atoms with E-state index < -0.39 is 5.97 Å². The van der Waals surface area contributed by atoms with Crippen LogP contribution in [-0.4, -0.2) is 20.6 Å². The molecule has 0 aliphatic heterocycles. The lowest BCUT2D eigenvalue weighted by molar-refractivity contribution is -0.138. The third kappa shape index (κ3) is 4.42. The van der Waals surface area contributed by atoms with E-state index in [0.717, 1.165) is 63.3 Å². The molecular weight excluding hydrogens is 493 g/mol. The Morgan fingerprint density at radius 3 is 2.54 bits per heavy atom. The lowest BCUT2D eigenvalue weighted by atomic mass is 9.88. The summed E-state index contributed by atoms with van der Waals surface area (Å²) in [6, 6.07) is 16.5. The molecule has 0 unspecified atom stereocenters. The molecule has 4 aromatic rings. The molecule has 1 fully saturated rings. The molecule has 2 N–H and O–H groups in total. The SMILES string of the molecule is Cc1cc(-c2cccc(=O)n2C)cc(C)c1-c1ccc(F)c2c1CC[C@H]2Nc1ccc([C@H]2C[C@@H]2C(=O)O)nc1. The summed E-state index contributed by atoms with van der Waals surface area (Å²) in [6.07, 6.45) is 3.86. The quantitative estimate of drug-likeness (QED) is 0.316. The maximum Gasteiger partial charge on any atom is 0.307 e. The van der Waals surface area contributed by atoms with Gasteiger partial charge in [-0.2, -0.15) is 0 Å². The van der Waals surface area contributed by atoms with Gasteiger partial charge in [0.25, 0.3) is 5.56 Å². The molecule has 0 spiro atoms. The number of aliphatic carboxylic acids is 1. The monoisotopic (exact) mass is 523 g/mol. The van der Waals surface area contributed by atoms with Crippen LogP contribution < -0.4 is 10.9 Å². The zero-order valence-electron chi connectivity index (χ0n) is 22.2. The maximum atomic E-state index is 15.3. The molecule has 0 bridgehead atoms. The average Bonchev–Trinajstić information content (AvgIpc) is 3.61. The first kappa shape index (κ1) is 25.0. The molecule has 7 heteroatoms. The van der Waals surface area contributed by atoms with E-state index in [1.165, 1.54) is 0 Å². The minimum Gasteiger partial charge on any atom is -0.481 e. The summed E-state index contributed by atoms with van der Waals surface area (Å²) in [5.74, 6) is -1.36. The Morgan fingerprint density at radius 2 is 1.87 bits per heavy atom. The Bertz CT molecular complexity index is 1650. The van der Waals surface area contributed by atoms with Crippen LogP contribution in [0, 0.1) is 25.6 Å². The van der Waals surface area contributed by atoms with Gasteiger partial charge in [-0.25, -0.2) is 4.39 Å². The Kier molecular flexibility index (Phi) is 6.09. The predicted octanol–water partition coefficient (Wildman–Crippen LogP) is 6.16. The zero-order chi connectivity index (χ0) is 27.4. The van der Waals surface area contributed by atoms with E-state index in [1.54, 1.807) is 36.0 Å². The van der Waals surface area contributed by atoms with E-state index >= 15 is 4.39 Å². The van der Waals surface area contributed by atoms with Crippen molar-refractivity contribution in [1.82, 2.24) is 9.55 Å². The number of nitrogens with zero attached hydrogens (tertiary/aromatic N) is 2. The third-order valence-corrected chi connectivity index (χ3v) is 8.23. The van der Waals surface area contributed by atoms with Gasteiger partial charge in [0.15, 0.2) is 0 Å². The van der Waals surface area contributed by atoms with Crippen LogP contribution in [0.1, 0.15) is 52.7 Å². The van der Waals surface area contributed by atoms with Gasteiger partial charge in [0.2, 0.25) is 0 Å². The van der Waals surface area contributed by atoms with E-state index in [9.17, 15) is 14.7 Å². The summed E-state index contributed by atoms with van der Waals surface area (Å²) in [6.45, 7) is 4.13. The first-order chi connectivity index (χ1) is 18.7. The molecule has 2 aliphatic carbocycles. The van der Waals surface area contributed by atoms with Gasteiger partial charge in [-0.05, 0) is 103 Å². The fourth-order valence-electron chi connectivity index (χ4n) is 6.19. The number of fused-ring (bicyclic) bond motifs is 1. The molecule has 2 heterocycles. The molecule has 1 saturated carbocycles. The number of hydrogen-bond acceptors (Lipinski definition) is 4. The number of anilines is 1. The number of hydrogen-bond donors (Lipinski definition) is 2. The molecule has 2 aliphatic rings. The van der Waals surface area contributed by atoms with Crippen LogP contribution >= 0.6 is 0 Å². The number of carboxylic acids is 1. The molecule has 0 radical (unpaired) electrons. The van der Waals surface area contributed by atoms with Crippen LogP contribution in [0.5, 0.6) is 0 Å². The van der Waals surface area contributed by atoms with Crippen molar-refractivity contribution in [3.05, 3.63) is 105 Å². The van der Waals surface area contributed by atoms with Crippen molar-refractivity contribution in [2.45, 2.75) is 45.1 Å². The number of rotatable bonds is 6. The molecule has 0 amide bonds. The predicted molar refractivity (Wildman–Crippen MR) is 149 cm³/mol. The summed E-state index contributed by atoms with van der Waals surface area (Å²) >= 11 is 0. The molecule has 6 rings (SSSR count). The Hall–Kier alpha value is -4.26. The Labute approximate surface area is 226 Å². The van der Waals surface area contributed by atoms with Crippen molar-refractivity contribution >= 4 is 11.7 Å². The van der Waals surface area contributed by atoms with Crippen molar-refractivity contribution in [2.75, 3.05) is 5.32 Å². The molecular formula is C32H30FN3O3. The van der Waals surface area contributed by atoms with Crippen molar-refractivity contribution < 1.29 is 14.3 Å². The normalized spacial score (nSPS) is 19.5. The number of benzene rings is 2. The van der Waals surface area contributed by atoms with E-state index in [-0.39, 0.29) is 29.3 Å². The highest BCUT2D eigenvalue weighted by atomic mass is 19.1. The van der Waals surface area contributed by atoms with Crippen LogP contribution in [0.3, 0.4) is 0 Å². The van der Waals surface area contributed by atoms with Gasteiger partial charge in [-0.3, -0.25) is 14.6 Å². The summed E-state index contributed by atoms with van der Waals surface area (Å²) in [5, 5.41) is 12.6. The zero-order valence-corrected chi connectivity index (χ0v) is 22.2. The van der Waals surface area contributed by atoms with E-state index in [1.807, 2.05) is 24.3 Å². The van der Waals surface area contributed by atoms with Gasteiger partial charge < -0.3 is 15.0 Å². The summed E-state index contributed by atoms with van der Waals surface area (Å²) in [5.41, 5.74) is 9.36. The topological polar surface area (TPSA) is 84.2 Å². The van der Waals surface area contributed by atoms with E-state index in [2.05, 4.69) is 36.3 Å². The molecule has 6 nitrogen and oxygen atoms in total. The van der Waals surface area contributed by atoms with Gasteiger partial charge >= 0.3 is 5.97 Å². The molecule has 2 aromatic carbocycles. The summed E-state index contributed by atoms with van der Waals surface area (Å²) < 4.78 is 16.9. The highest BCUT2D eigenvalue weighted by Crippen LogP contribution is 2.47. The van der Waals surface area contributed by atoms with Gasteiger partial charge in [0.05, 0.1) is 29.5 Å². The molecule has 0 saturated heterocycles. The minimum absolute atomic E-state index is 0.0200. The Balaban J connectivity index is 1.30. The number of pyridine rings is 2. The van der Waals surface area contributed by atoms with Crippen LogP contribution in [0.15, 0.2) is 65.6 Å². The van der Waals surface area contributed by atoms with Gasteiger partial charge in [0, 0.05) is 30.3 Å². The average molecular weight is 524 g/mol. The van der Waals surface area contributed by atoms with E-state index in [0.29, 0.717) is 12.0 Å². The van der Waals surface area contributed by atoms with Crippen LogP contribution in [0.25, 0.3) is 22.4 Å². The fraction of sp³-hybridized carbons (Fsp3) is 0.281. The third-order valence-electron chi connectivity index (χ3n) is 8.23. The van der Waals surface area contributed by atoms with Crippen molar-refractivity contribution in [1.29, 1.82) is 0 Å². The standard InChI is InChI=1S/C32H30FN3O3/c1-17-13-19(28-5-4-6-29(37)36(28)3)14-18(2)30(17)21-8-10-25(33)31-22(21)9-12-27(31)35-20-7-11-26(34-16-20)23-15-24(23)32(38)39/h4-8,10-11,13-14,16,23-24,27,35H,9,12,15H2,1-3H3,(H,38,39)/t23-,24-,27+/m0/s1. The van der Waals surface area contributed by atoms with Gasteiger partial charge in [-0.15, -0.1) is 0 Å². The second-order valence-corrected chi connectivity index (χ2v) is 10.8. The van der Waals surface area contributed by atoms with Gasteiger partial charge in [0.1, 0.15) is 5.82 Å². The summed E-state index contributed by atoms with van der Waals surface area (Å²) in [7, 11) is 1.78. The summed E-state index contributed by atoms with van der Waals surface area (Å²) in [4.78, 5) is 27.8. The van der Waals surface area contributed by atoms with Crippen LogP contribution in [-0.2, 0) is 18.3 Å². The fourth-order valence-corrected chi connectivity index (χ4v) is 6.19. The Morgan fingerprint density at radius 1 is 1.10 bits per heavy atom. The molecule has 198 valence electrons. The number of carbonyl (C=O) groups is 1. The van der Waals surface area contributed by atoms with E-state index in [4.69, 9.17) is 0 Å². The highest BCUT2D eigenvalue weighted by Gasteiger charge is 2.45. The molecule has 39 heavy (non-hydrogen) atoms. The smallest absolute Gasteiger partial charge is 0.307 e. The maximum absolute atomic E-state index is 15.3. The van der Waals surface area contributed by atoms with Crippen molar-refractivity contribution in [3.8, 4) is 22.4 Å². The second kappa shape index (κ2) is 9.49. The number of nitrogens with one attached hydrogen (secondary N) is 1. The minimum atomic E-state index is -0.774. The molecule has 2 aromatic heterocycles. The number of aryl methyl sites for hydroxylation is 2. The first-order valence-corrected chi connectivity index (χ1v) is 13.3. The number of carboxylic acid groups (broad SMARTS) is 1. The lowest BCUT2D eigenvalue weighted by Gasteiger charge is -2.19.